The summed E-state index contributed by atoms with van der Waals surface area (Å²) in [5, 5.41) is 4.23. The number of nitrogens with zero attached hydrogens (tertiary/aromatic N) is 3. The molecule has 0 atom stereocenters. The van der Waals surface area contributed by atoms with E-state index in [4.69, 9.17) is 4.74 Å². The number of methoxy groups -OCH3 is 1. The fourth-order valence-electron chi connectivity index (χ4n) is 2.02. The summed E-state index contributed by atoms with van der Waals surface area (Å²) in [6, 6.07) is 2.61. The van der Waals surface area contributed by atoms with Crippen LogP contribution in [0.15, 0.2) is 28.2 Å². The van der Waals surface area contributed by atoms with Gasteiger partial charge in [-0.15, -0.1) is 5.10 Å². The van der Waals surface area contributed by atoms with Crippen molar-refractivity contribution in [3.8, 4) is 5.75 Å². The summed E-state index contributed by atoms with van der Waals surface area (Å²) in [5.41, 5.74) is -2.36. The number of carbonyl (C=O) groups excluding carboxylic acids is 1. The number of hydrogen-bond donors (Lipinski definition) is 0. The Labute approximate surface area is 138 Å². The molecular weight excluding hydrogens is 347 g/mol. The van der Waals surface area contributed by atoms with Crippen LogP contribution in [0.4, 0.5) is 13.2 Å². The van der Waals surface area contributed by atoms with E-state index in [1.165, 1.54) is 24.7 Å². The van der Waals surface area contributed by atoms with Gasteiger partial charge >= 0.3 is 11.9 Å². The second-order valence-electron chi connectivity index (χ2n) is 4.60. The maximum absolute atomic E-state index is 12.9. The Morgan fingerprint density at radius 1 is 1.38 bits per heavy atom. The van der Waals surface area contributed by atoms with Gasteiger partial charge in [-0.05, 0) is 24.5 Å². The lowest BCUT2D eigenvalue weighted by Crippen LogP contribution is -2.23. The predicted octanol–water partition coefficient (Wildman–Crippen LogP) is 2.05. The van der Waals surface area contributed by atoms with Crippen LogP contribution in [0.25, 0.3) is 5.70 Å². The highest BCUT2D eigenvalue weighted by atomic mass is 32.2. The molecule has 2 rings (SSSR count). The third kappa shape index (κ3) is 3.10. The van der Waals surface area contributed by atoms with Gasteiger partial charge in [-0.2, -0.15) is 17.9 Å². The number of thioether (sulfide) groups is 1. The van der Waals surface area contributed by atoms with E-state index in [9.17, 15) is 22.8 Å². The molecule has 0 aliphatic heterocycles. The van der Waals surface area contributed by atoms with Gasteiger partial charge in [0.15, 0.2) is 16.8 Å². The molecule has 0 bridgehead atoms. The maximum Gasteiger partial charge on any atom is 0.416 e. The molecule has 0 spiro atoms. The van der Waals surface area contributed by atoms with Crippen molar-refractivity contribution >= 4 is 23.4 Å². The molecule has 10 heteroatoms. The SMILES string of the molecule is COc1ccc(C(F)(F)F)cc1C(=C=O)n1nc(SC)n(C)c1=O. The summed E-state index contributed by atoms with van der Waals surface area (Å²) in [4.78, 5) is 23.6. The topological polar surface area (TPSA) is 66.1 Å². The summed E-state index contributed by atoms with van der Waals surface area (Å²) in [7, 11) is 2.67. The Hall–Kier alpha value is -2.45. The van der Waals surface area contributed by atoms with Gasteiger partial charge in [0.25, 0.3) is 0 Å². The number of ether oxygens (including phenoxy) is 1. The number of halogens is 3. The summed E-state index contributed by atoms with van der Waals surface area (Å²) in [6.45, 7) is 0. The molecule has 0 fully saturated rings. The van der Waals surface area contributed by atoms with Gasteiger partial charge in [0.2, 0.25) is 0 Å². The van der Waals surface area contributed by atoms with E-state index in [2.05, 4.69) is 5.10 Å². The molecule has 1 aromatic carbocycles. The molecule has 0 radical (unpaired) electrons. The van der Waals surface area contributed by atoms with E-state index >= 15 is 0 Å². The Bertz CT molecular complexity index is 880. The lowest BCUT2D eigenvalue weighted by Gasteiger charge is -2.12. The highest BCUT2D eigenvalue weighted by Crippen LogP contribution is 2.34. The minimum Gasteiger partial charge on any atom is -0.496 e. The van der Waals surface area contributed by atoms with Crippen molar-refractivity contribution in [1.82, 2.24) is 14.3 Å². The number of alkyl halides is 3. The summed E-state index contributed by atoms with van der Waals surface area (Å²) >= 11 is 1.15. The molecule has 0 aliphatic rings. The minimum absolute atomic E-state index is 0.00963. The zero-order valence-electron chi connectivity index (χ0n) is 12.8. The monoisotopic (exact) mass is 359 g/mol. The molecule has 0 unspecified atom stereocenters. The smallest absolute Gasteiger partial charge is 0.416 e. The van der Waals surface area contributed by atoms with Crippen LogP contribution in [0.2, 0.25) is 0 Å². The quantitative estimate of drug-likeness (QED) is 0.618. The fraction of sp³-hybridized carbons (Fsp3) is 0.286. The van der Waals surface area contributed by atoms with Gasteiger partial charge in [0, 0.05) is 7.05 Å². The number of benzene rings is 1. The van der Waals surface area contributed by atoms with Crippen molar-refractivity contribution in [3.63, 3.8) is 0 Å². The fourth-order valence-corrected chi connectivity index (χ4v) is 2.54. The summed E-state index contributed by atoms with van der Waals surface area (Å²) in [6.07, 6.45) is -2.95. The van der Waals surface area contributed by atoms with Crippen LogP contribution in [0.5, 0.6) is 5.75 Å². The van der Waals surface area contributed by atoms with Gasteiger partial charge in [-0.25, -0.2) is 9.59 Å². The first-order valence-electron chi connectivity index (χ1n) is 6.45. The molecule has 1 heterocycles. The second kappa shape index (κ2) is 6.58. The van der Waals surface area contributed by atoms with Crippen molar-refractivity contribution in [1.29, 1.82) is 0 Å². The largest absolute Gasteiger partial charge is 0.496 e. The number of rotatable bonds is 4. The molecule has 6 nitrogen and oxygen atoms in total. The molecular formula is C14H12F3N3O3S. The van der Waals surface area contributed by atoms with Crippen molar-refractivity contribution in [2.75, 3.05) is 13.4 Å². The molecule has 2 aromatic rings. The summed E-state index contributed by atoms with van der Waals surface area (Å²) < 4.78 is 45.7. The molecule has 0 amide bonds. The normalized spacial score (nSPS) is 11.2. The Morgan fingerprint density at radius 2 is 2.04 bits per heavy atom. The highest BCUT2D eigenvalue weighted by molar-refractivity contribution is 7.98. The highest BCUT2D eigenvalue weighted by Gasteiger charge is 2.32. The van der Waals surface area contributed by atoms with Crippen LogP contribution in [0.3, 0.4) is 0 Å². The minimum atomic E-state index is -4.62. The molecule has 0 aliphatic carbocycles. The van der Waals surface area contributed by atoms with E-state index in [0.717, 1.165) is 30.0 Å². The van der Waals surface area contributed by atoms with Gasteiger partial charge in [-0.3, -0.25) is 4.57 Å². The Morgan fingerprint density at radius 3 is 2.50 bits per heavy atom. The molecule has 0 saturated carbocycles. The van der Waals surface area contributed by atoms with E-state index < -0.39 is 23.1 Å². The summed E-state index contributed by atoms with van der Waals surface area (Å²) in [5.74, 6) is 1.48. The lowest BCUT2D eigenvalue weighted by atomic mass is 10.1. The molecule has 24 heavy (non-hydrogen) atoms. The van der Waals surface area contributed by atoms with Crippen molar-refractivity contribution < 1.29 is 22.7 Å². The average Bonchev–Trinajstić information content (AvgIpc) is 2.83. The number of aromatic nitrogens is 3. The van der Waals surface area contributed by atoms with Gasteiger partial charge < -0.3 is 4.74 Å². The second-order valence-corrected chi connectivity index (χ2v) is 5.38. The third-order valence-electron chi connectivity index (χ3n) is 3.21. The van der Waals surface area contributed by atoms with Gasteiger partial charge in [0.05, 0.1) is 18.2 Å². The average molecular weight is 359 g/mol. The maximum atomic E-state index is 12.9. The van der Waals surface area contributed by atoms with Crippen LogP contribution in [0, 0.1) is 0 Å². The van der Waals surface area contributed by atoms with E-state index in [1.807, 2.05) is 0 Å². The zero-order valence-corrected chi connectivity index (χ0v) is 13.7. The molecule has 0 N–H and O–H groups in total. The van der Waals surface area contributed by atoms with Crippen LogP contribution >= 0.6 is 11.8 Å². The Balaban J connectivity index is 2.72. The predicted molar refractivity (Wildman–Crippen MR) is 81.7 cm³/mol. The van der Waals surface area contributed by atoms with E-state index in [1.54, 1.807) is 6.26 Å². The van der Waals surface area contributed by atoms with Crippen LogP contribution in [0.1, 0.15) is 11.1 Å². The third-order valence-corrected chi connectivity index (χ3v) is 3.93. The lowest BCUT2D eigenvalue weighted by molar-refractivity contribution is -0.137. The van der Waals surface area contributed by atoms with Crippen molar-refractivity contribution in [2.45, 2.75) is 11.3 Å². The zero-order chi connectivity index (χ0) is 18.1. The van der Waals surface area contributed by atoms with E-state index in [-0.39, 0.29) is 11.3 Å². The van der Waals surface area contributed by atoms with Crippen LogP contribution in [-0.4, -0.2) is 33.7 Å². The van der Waals surface area contributed by atoms with Gasteiger partial charge in [0.1, 0.15) is 5.75 Å². The molecule has 1 aromatic heterocycles. The van der Waals surface area contributed by atoms with Crippen molar-refractivity contribution in [2.24, 2.45) is 7.05 Å². The number of hydrogen-bond acceptors (Lipinski definition) is 5. The van der Waals surface area contributed by atoms with Crippen LogP contribution < -0.4 is 10.4 Å². The van der Waals surface area contributed by atoms with Gasteiger partial charge in [-0.1, -0.05) is 11.8 Å². The van der Waals surface area contributed by atoms with E-state index in [0.29, 0.717) is 9.84 Å². The molecule has 128 valence electrons. The first kappa shape index (κ1) is 17.9. The van der Waals surface area contributed by atoms with Crippen LogP contribution in [-0.2, 0) is 18.0 Å². The standard InChI is InChI=1S/C14H12F3N3O3S/c1-19-12(24-3)18-20(13(19)22)10(7-21)9-6-8(14(15,16)17)4-5-11(9)23-2/h4-6H,1-3H3. The first-order chi connectivity index (χ1) is 11.2. The molecule has 0 saturated heterocycles. The first-order valence-corrected chi connectivity index (χ1v) is 7.68. The van der Waals surface area contributed by atoms with Crippen molar-refractivity contribution in [3.05, 3.63) is 39.8 Å². The Kier molecular flexibility index (Phi) is 4.91.